The number of fused-ring (bicyclic) bond motifs is 12. The minimum absolute atomic E-state index is 0.696. The lowest BCUT2D eigenvalue weighted by Crippen LogP contribution is -2.25. The molecule has 4 aromatic heterocycles. The van der Waals surface area contributed by atoms with Crippen molar-refractivity contribution < 1.29 is 4.57 Å². The van der Waals surface area contributed by atoms with Crippen LogP contribution in [-0.4, -0.2) is 19.4 Å². The van der Waals surface area contributed by atoms with Crippen LogP contribution in [0, 0.1) is 0 Å². The lowest BCUT2D eigenvalue weighted by atomic mass is 9.97. The largest absolute Gasteiger partial charge is 0.309 e. The molecule has 0 N–H and O–H groups in total. The van der Waals surface area contributed by atoms with Gasteiger partial charge in [0.2, 0.25) is 0 Å². The number of aromatic nitrogens is 4. The highest BCUT2D eigenvalue weighted by atomic mass is 31.2. The van der Waals surface area contributed by atoms with Crippen LogP contribution in [0.1, 0.15) is 0 Å². The summed E-state index contributed by atoms with van der Waals surface area (Å²) in [5.41, 5.74) is 7.05. The summed E-state index contributed by atoms with van der Waals surface area (Å²) in [6.45, 7) is 0. The van der Waals surface area contributed by atoms with E-state index in [1.54, 1.807) is 18.6 Å². The maximum absolute atomic E-state index is 15.0. The third-order valence-corrected chi connectivity index (χ3v) is 13.7. The smallest absolute Gasteiger partial charge is 0.172 e. The van der Waals surface area contributed by atoms with Gasteiger partial charge in [0.1, 0.15) is 5.65 Å². The van der Waals surface area contributed by atoms with Crippen molar-refractivity contribution in [2.75, 3.05) is 0 Å². The standard InChI is InChI=1S/C47H29N4OP/c52-53(36-11-2-1-3-12-36,37-20-22-48-23-21-37)38-24-35-15-14-33(26-43(35)49-29-38)34-17-19-42-45(28-34)51-44-27-32-10-5-4-9-31(32)25-41(44)40-18-16-30-8-6-7-13-39(30)46(40)47(51)50-42/h1-29H. The van der Waals surface area contributed by atoms with Crippen LogP contribution in [0.25, 0.3) is 81.9 Å². The van der Waals surface area contributed by atoms with Gasteiger partial charge in [0.25, 0.3) is 0 Å². The fourth-order valence-electron chi connectivity index (χ4n) is 8.13. The van der Waals surface area contributed by atoms with Crippen LogP contribution in [-0.2, 0) is 4.57 Å². The van der Waals surface area contributed by atoms with Crippen molar-refractivity contribution >= 4 is 93.9 Å². The van der Waals surface area contributed by atoms with Gasteiger partial charge in [0, 0.05) is 50.7 Å². The van der Waals surface area contributed by atoms with Gasteiger partial charge < -0.3 is 4.57 Å². The highest BCUT2D eigenvalue weighted by Crippen LogP contribution is 2.43. The van der Waals surface area contributed by atoms with Crippen LogP contribution < -0.4 is 15.9 Å². The average molecular weight is 697 g/mol. The predicted molar refractivity (Wildman–Crippen MR) is 221 cm³/mol. The van der Waals surface area contributed by atoms with E-state index in [0.29, 0.717) is 5.30 Å². The normalized spacial score (nSPS) is 13.1. The Kier molecular flexibility index (Phi) is 6.46. The molecule has 11 rings (SSSR count). The van der Waals surface area contributed by atoms with E-state index in [1.807, 2.05) is 48.5 Å². The Hall–Kier alpha value is -6.68. The van der Waals surface area contributed by atoms with Crippen LogP contribution in [0.3, 0.4) is 0 Å². The molecule has 0 radical (unpaired) electrons. The molecule has 0 amide bonds. The minimum Gasteiger partial charge on any atom is -0.309 e. The predicted octanol–water partition coefficient (Wildman–Crippen LogP) is 10.3. The molecule has 53 heavy (non-hydrogen) atoms. The quantitative estimate of drug-likeness (QED) is 0.104. The number of hydrogen-bond donors (Lipinski definition) is 0. The maximum Gasteiger partial charge on any atom is 0.172 e. The molecular weight excluding hydrogens is 668 g/mol. The molecule has 4 heterocycles. The Morgan fingerprint density at radius 3 is 2.02 bits per heavy atom. The van der Waals surface area contributed by atoms with Crippen molar-refractivity contribution in [1.82, 2.24) is 19.4 Å². The molecule has 0 bridgehead atoms. The lowest BCUT2D eigenvalue weighted by Gasteiger charge is -2.20. The molecule has 0 saturated heterocycles. The summed E-state index contributed by atoms with van der Waals surface area (Å²) in [7, 11) is -3.18. The number of imidazole rings is 1. The van der Waals surface area contributed by atoms with Crippen molar-refractivity contribution in [2.45, 2.75) is 0 Å². The van der Waals surface area contributed by atoms with Crippen LogP contribution in [0.2, 0.25) is 0 Å². The van der Waals surface area contributed by atoms with E-state index >= 15 is 0 Å². The Bertz CT molecular complexity index is 3280. The average Bonchev–Trinajstić information content (AvgIpc) is 3.62. The molecule has 0 aliphatic heterocycles. The van der Waals surface area contributed by atoms with E-state index in [9.17, 15) is 4.57 Å². The van der Waals surface area contributed by atoms with Crippen molar-refractivity contribution in [1.29, 1.82) is 0 Å². The lowest BCUT2D eigenvalue weighted by molar-refractivity contribution is 0.592. The van der Waals surface area contributed by atoms with E-state index in [1.165, 1.54) is 32.3 Å². The number of rotatable bonds is 4. The molecule has 5 nitrogen and oxygen atoms in total. The van der Waals surface area contributed by atoms with E-state index < -0.39 is 7.14 Å². The second-order valence-electron chi connectivity index (χ2n) is 13.7. The summed E-state index contributed by atoms with van der Waals surface area (Å²) >= 11 is 0. The van der Waals surface area contributed by atoms with Crippen molar-refractivity contribution in [2.24, 2.45) is 0 Å². The first-order valence-electron chi connectivity index (χ1n) is 17.7. The van der Waals surface area contributed by atoms with Gasteiger partial charge >= 0.3 is 0 Å². The number of hydrogen-bond acceptors (Lipinski definition) is 4. The van der Waals surface area contributed by atoms with Crippen molar-refractivity contribution in [3.63, 3.8) is 0 Å². The maximum atomic E-state index is 15.0. The Balaban J connectivity index is 1.11. The summed E-state index contributed by atoms with van der Waals surface area (Å²) in [4.78, 5) is 14.4. The summed E-state index contributed by atoms with van der Waals surface area (Å²) in [6.07, 6.45) is 5.17. The highest BCUT2D eigenvalue weighted by Gasteiger charge is 2.30. The van der Waals surface area contributed by atoms with Gasteiger partial charge in [-0.05, 0) is 86.6 Å². The third kappa shape index (κ3) is 4.51. The van der Waals surface area contributed by atoms with Gasteiger partial charge in [-0.2, -0.15) is 0 Å². The van der Waals surface area contributed by atoms with Crippen LogP contribution in [0.4, 0.5) is 0 Å². The number of pyridine rings is 3. The summed E-state index contributed by atoms with van der Waals surface area (Å²) in [5, 5.41) is 11.5. The fourth-order valence-corrected chi connectivity index (χ4v) is 10.7. The molecule has 0 aliphatic rings. The third-order valence-electron chi connectivity index (χ3n) is 10.7. The van der Waals surface area contributed by atoms with Crippen LogP contribution >= 0.6 is 7.14 Å². The molecule has 7 aromatic carbocycles. The topological polar surface area (TPSA) is 60.2 Å². The summed E-state index contributed by atoms with van der Waals surface area (Å²) in [6, 6.07) is 54.5. The van der Waals surface area contributed by atoms with E-state index in [4.69, 9.17) is 9.97 Å². The molecular formula is C47H29N4OP. The zero-order valence-electron chi connectivity index (χ0n) is 28.4. The highest BCUT2D eigenvalue weighted by molar-refractivity contribution is 7.85. The van der Waals surface area contributed by atoms with Crippen LogP contribution in [0.5, 0.6) is 0 Å². The number of benzene rings is 7. The zero-order valence-corrected chi connectivity index (χ0v) is 29.3. The Morgan fingerprint density at radius 1 is 0.472 bits per heavy atom. The Morgan fingerprint density at radius 2 is 1.17 bits per heavy atom. The van der Waals surface area contributed by atoms with Gasteiger partial charge in [0.15, 0.2) is 7.14 Å². The van der Waals surface area contributed by atoms with Crippen LogP contribution in [0.15, 0.2) is 176 Å². The molecule has 1 unspecified atom stereocenters. The second-order valence-corrected chi connectivity index (χ2v) is 16.4. The molecule has 11 aromatic rings. The number of nitrogens with zero attached hydrogens (tertiary/aromatic N) is 4. The summed E-state index contributed by atoms with van der Waals surface area (Å²) in [5.74, 6) is 0. The molecule has 0 fully saturated rings. The summed E-state index contributed by atoms with van der Waals surface area (Å²) < 4.78 is 17.3. The first-order valence-corrected chi connectivity index (χ1v) is 19.4. The van der Waals surface area contributed by atoms with Gasteiger partial charge in [-0.25, -0.2) is 4.98 Å². The fraction of sp³-hybridized carbons (Fsp3) is 0. The van der Waals surface area contributed by atoms with Crippen molar-refractivity contribution in [3.05, 3.63) is 176 Å². The molecule has 0 aliphatic carbocycles. The first-order chi connectivity index (χ1) is 26.1. The molecule has 0 spiro atoms. The molecule has 248 valence electrons. The minimum atomic E-state index is -3.18. The van der Waals surface area contributed by atoms with Gasteiger partial charge in [-0.1, -0.05) is 109 Å². The Labute approximate surface area is 304 Å². The van der Waals surface area contributed by atoms with Crippen molar-refractivity contribution in [3.8, 4) is 11.1 Å². The SMILES string of the molecule is O=P(c1ccccc1)(c1ccncc1)c1cnc2cc(-c3ccc4nc5c6c7ccccc7ccc6c6cc7ccccc7cc6n5c4c3)ccc2c1. The molecule has 6 heteroatoms. The van der Waals surface area contributed by atoms with Gasteiger partial charge in [-0.15, -0.1) is 0 Å². The monoisotopic (exact) mass is 696 g/mol. The molecule has 1 atom stereocenters. The van der Waals surface area contributed by atoms with Gasteiger partial charge in [-0.3, -0.25) is 14.4 Å². The van der Waals surface area contributed by atoms with E-state index in [-0.39, 0.29) is 0 Å². The zero-order chi connectivity index (χ0) is 35.1. The van der Waals surface area contributed by atoms with Gasteiger partial charge in [0.05, 0.1) is 22.1 Å². The first kappa shape index (κ1) is 30.0. The molecule has 0 saturated carbocycles. The van der Waals surface area contributed by atoms with E-state index in [2.05, 4.69) is 119 Å². The van der Waals surface area contributed by atoms with E-state index in [0.717, 1.165) is 60.2 Å². The second kappa shape index (κ2) is 11.4.